The monoisotopic (exact) mass is 400 g/mol. The minimum absolute atomic E-state index is 0.0291. The summed E-state index contributed by atoms with van der Waals surface area (Å²) in [5.74, 6) is 2.09. The number of aromatic nitrogens is 1. The predicted octanol–water partition coefficient (Wildman–Crippen LogP) is 4.58. The van der Waals surface area contributed by atoms with Crippen LogP contribution in [0.2, 0.25) is 5.02 Å². The van der Waals surface area contributed by atoms with Crippen LogP contribution in [0, 0.1) is 5.92 Å². The van der Waals surface area contributed by atoms with Crippen molar-refractivity contribution in [3.63, 3.8) is 0 Å². The summed E-state index contributed by atoms with van der Waals surface area (Å²) in [5, 5.41) is 13.6. The fourth-order valence-electron chi connectivity index (χ4n) is 3.62. The minimum Gasteiger partial charge on any atom is -0.492 e. The third kappa shape index (κ3) is 3.34. The maximum absolute atomic E-state index is 9.53. The largest absolute Gasteiger partial charge is 0.492 e. The average molecular weight is 401 g/mol. The van der Waals surface area contributed by atoms with E-state index in [4.69, 9.17) is 16.3 Å². The molecule has 140 valence electrons. The molecule has 1 aliphatic heterocycles. The molecule has 2 aromatic heterocycles. The highest BCUT2D eigenvalue weighted by Gasteiger charge is 2.30. The lowest BCUT2D eigenvalue weighted by Gasteiger charge is -2.28. The molecule has 0 bridgehead atoms. The van der Waals surface area contributed by atoms with Crippen molar-refractivity contribution in [1.82, 2.24) is 10.3 Å². The number of halogens is 1. The Labute approximate surface area is 167 Å². The van der Waals surface area contributed by atoms with E-state index in [1.54, 1.807) is 11.3 Å². The summed E-state index contributed by atoms with van der Waals surface area (Å²) in [6.07, 6.45) is 4.21. The number of ether oxygens (including phenoxy) is 1. The molecule has 27 heavy (non-hydrogen) atoms. The van der Waals surface area contributed by atoms with E-state index < -0.39 is 0 Å². The molecule has 0 atom stereocenters. The first-order valence-electron chi connectivity index (χ1n) is 9.38. The van der Waals surface area contributed by atoms with E-state index >= 15 is 0 Å². The Hall–Kier alpha value is -1.66. The zero-order chi connectivity index (χ0) is 18.4. The third-order valence-electron chi connectivity index (χ3n) is 5.34. The highest BCUT2D eigenvalue weighted by molar-refractivity contribution is 7.19. The molecule has 0 unspecified atom stereocenters. The smallest absolute Gasteiger partial charge is 0.130 e. The summed E-state index contributed by atoms with van der Waals surface area (Å²) in [6, 6.07) is 8.06. The Morgan fingerprint density at radius 2 is 2.07 bits per heavy atom. The SMILES string of the molecule is OCc1cc2nccc(-c3cc(Cl)cc(C4CC4)c3OCC3CNC3)c2s1. The lowest BCUT2D eigenvalue weighted by molar-refractivity contribution is 0.198. The average Bonchev–Trinajstić information content (AvgIpc) is 3.38. The van der Waals surface area contributed by atoms with E-state index in [-0.39, 0.29) is 6.61 Å². The lowest BCUT2D eigenvalue weighted by atomic mass is 9.98. The fourth-order valence-corrected chi connectivity index (χ4v) is 4.85. The number of fused-ring (bicyclic) bond motifs is 1. The molecule has 1 saturated heterocycles. The Bertz CT molecular complexity index is 995. The summed E-state index contributed by atoms with van der Waals surface area (Å²) < 4.78 is 7.47. The van der Waals surface area contributed by atoms with Gasteiger partial charge >= 0.3 is 0 Å². The van der Waals surface area contributed by atoms with Crippen molar-refractivity contribution in [3.05, 3.63) is 45.9 Å². The van der Waals surface area contributed by atoms with Crippen molar-refractivity contribution < 1.29 is 9.84 Å². The first kappa shape index (κ1) is 17.4. The van der Waals surface area contributed by atoms with Gasteiger partial charge in [-0.25, -0.2) is 0 Å². The number of pyridine rings is 1. The number of rotatable bonds is 6. The molecule has 2 aliphatic rings. The Morgan fingerprint density at radius 3 is 2.78 bits per heavy atom. The summed E-state index contributed by atoms with van der Waals surface area (Å²) in [4.78, 5) is 5.39. The van der Waals surface area contributed by atoms with E-state index in [1.165, 1.54) is 18.4 Å². The van der Waals surface area contributed by atoms with Crippen molar-refractivity contribution in [2.75, 3.05) is 19.7 Å². The van der Waals surface area contributed by atoms with Gasteiger partial charge in [0.1, 0.15) is 5.75 Å². The molecule has 3 heterocycles. The molecular weight excluding hydrogens is 380 g/mol. The number of thiophene rings is 1. The van der Waals surface area contributed by atoms with Crippen LogP contribution in [0.4, 0.5) is 0 Å². The van der Waals surface area contributed by atoms with Crippen LogP contribution in [0.1, 0.15) is 29.2 Å². The molecule has 1 aromatic carbocycles. The molecule has 0 spiro atoms. The quantitative estimate of drug-likeness (QED) is 0.635. The number of nitrogens with one attached hydrogen (secondary N) is 1. The van der Waals surface area contributed by atoms with Crippen LogP contribution in [0.15, 0.2) is 30.5 Å². The maximum atomic E-state index is 9.53. The van der Waals surface area contributed by atoms with Crippen LogP contribution in [0.25, 0.3) is 21.3 Å². The highest BCUT2D eigenvalue weighted by Crippen LogP contribution is 2.50. The number of aliphatic hydroxyl groups is 1. The maximum Gasteiger partial charge on any atom is 0.130 e. The van der Waals surface area contributed by atoms with Gasteiger partial charge in [-0.05, 0) is 48.6 Å². The fraction of sp³-hybridized carbons (Fsp3) is 0.381. The summed E-state index contributed by atoms with van der Waals surface area (Å²) in [7, 11) is 0. The first-order chi connectivity index (χ1) is 13.2. The molecule has 2 fully saturated rings. The van der Waals surface area contributed by atoms with E-state index in [0.29, 0.717) is 11.8 Å². The third-order valence-corrected chi connectivity index (χ3v) is 6.70. The molecule has 3 aromatic rings. The van der Waals surface area contributed by atoms with Gasteiger partial charge in [0.25, 0.3) is 0 Å². The van der Waals surface area contributed by atoms with Gasteiger partial charge in [-0.15, -0.1) is 11.3 Å². The van der Waals surface area contributed by atoms with Crippen LogP contribution in [-0.2, 0) is 6.61 Å². The zero-order valence-electron chi connectivity index (χ0n) is 14.9. The Balaban J connectivity index is 1.65. The van der Waals surface area contributed by atoms with Crippen LogP contribution in [-0.4, -0.2) is 29.8 Å². The van der Waals surface area contributed by atoms with Crippen molar-refractivity contribution in [2.24, 2.45) is 5.92 Å². The topological polar surface area (TPSA) is 54.4 Å². The van der Waals surface area contributed by atoms with Crippen LogP contribution in [0.3, 0.4) is 0 Å². The first-order valence-corrected chi connectivity index (χ1v) is 10.6. The van der Waals surface area contributed by atoms with Crippen molar-refractivity contribution in [1.29, 1.82) is 0 Å². The summed E-state index contributed by atoms with van der Waals surface area (Å²) in [5.41, 5.74) is 4.25. The number of hydrogen-bond donors (Lipinski definition) is 2. The lowest BCUT2D eigenvalue weighted by Crippen LogP contribution is -2.45. The second-order valence-corrected chi connectivity index (χ2v) is 9.00. The molecule has 1 aliphatic carbocycles. The molecular formula is C21H21ClN2O2S. The normalized spacial score (nSPS) is 17.3. The standard InChI is InChI=1S/C21H21ClN2O2S/c22-14-5-17(13-1-2-13)20(26-11-12-8-23-9-12)18(6-14)16-3-4-24-19-7-15(10-25)27-21(16)19/h3-7,12-13,23,25H,1-2,8-11H2. The summed E-state index contributed by atoms with van der Waals surface area (Å²) >= 11 is 8.09. The van der Waals surface area contributed by atoms with Gasteiger partial charge in [0.15, 0.2) is 0 Å². The number of nitrogens with zero attached hydrogens (tertiary/aromatic N) is 1. The molecule has 4 nitrogen and oxygen atoms in total. The van der Waals surface area contributed by atoms with E-state index in [9.17, 15) is 5.11 Å². The van der Waals surface area contributed by atoms with E-state index in [1.807, 2.05) is 24.4 Å². The summed E-state index contributed by atoms with van der Waals surface area (Å²) in [6.45, 7) is 2.79. The number of aliphatic hydroxyl groups excluding tert-OH is 1. The van der Waals surface area contributed by atoms with Gasteiger partial charge < -0.3 is 15.2 Å². The Kier molecular flexibility index (Phi) is 4.56. The van der Waals surface area contributed by atoms with Crippen LogP contribution < -0.4 is 10.1 Å². The zero-order valence-corrected chi connectivity index (χ0v) is 16.4. The van der Waals surface area contributed by atoms with Gasteiger partial charge in [0.05, 0.1) is 23.4 Å². The highest BCUT2D eigenvalue weighted by atomic mass is 35.5. The van der Waals surface area contributed by atoms with Crippen LogP contribution >= 0.6 is 22.9 Å². The van der Waals surface area contributed by atoms with Crippen LogP contribution in [0.5, 0.6) is 5.75 Å². The van der Waals surface area contributed by atoms with Gasteiger partial charge in [-0.3, -0.25) is 4.98 Å². The number of hydrogen-bond acceptors (Lipinski definition) is 5. The molecule has 1 saturated carbocycles. The molecule has 0 radical (unpaired) electrons. The molecule has 5 rings (SSSR count). The number of benzene rings is 1. The van der Waals surface area contributed by atoms with Gasteiger partial charge in [-0.2, -0.15) is 0 Å². The Morgan fingerprint density at radius 1 is 1.22 bits per heavy atom. The van der Waals surface area contributed by atoms with Crippen molar-refractivity contribution in [3.8, 4) is 16.9 Å². The van der Waals surface area contributed by atoms with Crippen molar-refractivity contribution in [2.45, 2.75) is 25.4 Å². The van der Waals surface area contributed by atoms with Gasteiger partial charge in [0.2, 0.25) is 0 Å². The molecule has 2 N–H and O–H groups in total. The molecule has 6 heteroatoms. The second kappa shape index (κ2) is 7.06. The van der Waals surface area contributed by atoms with E-state index in [0.717, 1.165) is 56.7 Å². The van der Waals surface area contributed by atoms with Crippen molar-refractivity contribution >= 4 is 33.2 Å². The van der Waals surface area contributed by atoms with Gasteiger partial charge in [0, 0.05) is 46.2 Å². The second-order valence-electron chi connectivity index (χ2n) is 7.42. The predicted molar refractivity (Wildman–Crippen MR) is 110 cm³/mol. The van der Waals surface area contributed by atoms with Gasteiger partial charge in [-0.1, -0.05) is 11.6 Å². The molecule has 0 amide bonds. The van der Waals surface area contributed by atoms with E-state index in [2.05, 4.69) is 16.4 Å². The minimum atomic E-state index is 0.0291.